The highest BCUT2D eigenvalue weighted by Gasteiger charge is 2.13. The van der Waals surface area contributed by atoms with Gasteiger partial charge in [-0.3, -0.25) is 0 Å². The van der Waals surface area contributed by atoms with E-state index in [0.717, 1.165) is 5.56 Å². The van der Waals surface area contributed by atoms with Crippen molar-refractivity contribution >= 4 is 11.6 Å². The third-order valence-corrected chi connectivity index (χ3v) is 2.87. The van der Waals surface area contributed by atoms with E-state index >= 15 is 0 Å². The van der Waals surface area contributed by atoms with Crippen molar-refractivity contribution in [3.63, 3.8) is 0 Å². The van der Waals surface area contributed by atoms with Crippen molar-refractivity contribution in [3.05, 3.63) is 52.2 Å². The van der Waals surface area contributed by atoms with Gasteiger partial charge in [-0.2, -0.15) is 5.10 Å². The van der Waals surface area contributed by atoms with Gasteiger partial charge in [-0.1, -0.05) is 6.07 Å². The zero-order valence-corrected chi connectivity index (χ0v) is 10.9. The van der Waals surface area contributed by atoms with Gasteiger partial charge in [0, 0.05) is 6.07 Å². The van der Waals surface area contributed by atoms with Crippen molar-refractivity contribution in [2.24, 2.45) is 0 Å². The number of nitrogens with zero attached hydrogens (tertiary/aromatic N) is 3. The number of hydrogen-bond acceptors (Lipinski definition) is 5. The molecule has 2 N–H and O–H groups in total. The fraction of sp³-hybridized carbons (Fsp3) is 0.0769. The van der Waals surface area contributed by atoms with Gasteiger partial charge in [-0.15, -0.1) is 0 Å². The van der Waals surface area contributed by atoms with E-state index in [9.17, 15) is 9.59 Å². The molecule has 2 heterocycles. The fourth-order valence-corrected chi connectivity index (χ4v) is 1.85. The average molecular weight is 286 g/mol. The zero-order valence-electron chi connectivity index (χ0n) is 10.9. The third-order valence-electron chi connectivity index (χ3n) is 2.87. The van der Waals surface area contributed by atoms with Crippen LogP contribution in [0.5, 0.6) is 11.6 Å². The Morgan fingerprint density at radius 2 is 2.19 bits per heavy atom. The Morgan fingerprint density at radius 1 is 1.38 bits per heavy atom. The molecule has 0 radical (unpaired) electrons. The summed E-state index contributed by atoms with van der Waals surface area (Å²) in [7, 11) is 0. The van der Waals surface area contributed by atoms with Crippen LogP contribution in [0.15, 0.2) is 35.4 Å². The van der Waals surface area contributed by atoms with Crippen LogP contribution in [0.4, 0.5) is 0 Å². The van der Waals surface area contributed by atoms with Crippen molar-refractivity contribution in [1.29, 1.82) is 0 Å². The molecule has 0 amide bonds. The van der Waals surface area contributed by atoms with Crippen LogP contribution in [0.3, 0.4) is 0 Å². The molecule has 0 aliphatic carbocycles. The molecule has 21 heavy (non-hydrogen) atoms. The van der Waals surface area contributed by atoms with Gasteiger partial charge in [0.15, 0.2) is 5.65 Å². The van der Waals surface area contributed by atoms with Crippen molar-refractivity contribution < 1.29 is 14.6 Å². The number of nitrogens with one attached hydrogen (secondary N) is 1. The molecule has 8 heteroatoms. The number of carboxylic acids is 1. The molecule has 0 atom stereocenters. The number of benzene rings is 1. The average Bonchev–Trinajstić information content (AvgIpc) is 2.80. The molecule has 106 valence electrons. The lowest BCUT2D eigenvalue weighted by molar-refractivity contribution is 0.0694. The Labute approximate surface area is 117 Å². The van der Waals surface area contributed by atoms with Gasteiger partial charge in [0.05, 0.1) is 0 Å². The minimum Gasteiger partial charge on any atom is -0.478 e. The second-order valence-corrected chi connectivity index (χ2v) is 4.39. The van der Waals surface area contributed by atoms with E-state index in [2.05, 4.69) is 15.2 Å². The minimum atomic E-state index is -1.10. The number of aromatic amines is 1. The Hall–Kier alpha value is -3.16. The first-order valence-corrected chi connectivity index (χ1v) is 5.99. The predicted molar refractivity (Wildman–Crippen MR) is 71.8 cm³/mol. The van der Waals surface area contributed by atoms with Crippen LogP contribution in [0.25, 0.3) is 5.65 Å². The number of aromatic nitrogens is 4. The van der Waals surface area contributed by atoms with Crippen LogP contribution >= 0.6 is 0 Å². The molecule has 0 aliphatic rings. The maximum Gasteiger partial charge on any atom is 0.348 e. The first kappa shape index (κ1) is 12.9. The van der Waals surface area contributed by atoms with Crippen LogP contribution in [0.2, 0.25) is 0 Å². The smallest absolute Gasteiger partial charge is 0.348 e. The monoisotopic (exact) mass is 286 g/mol. The maximum atomic E-state index is 11.3. The zero-order chi connectivity index (χ0) is 15.0. The normalized spacial score (nSPS) is 10.7. The highest BCUT2D eigenvalue weighted by Crippen LogP contribution is 2.25. The lowest BCUT2D eigenvalue weighted by atomic mass is 10.1. The minimum absolute atomic E-state index is 0.0293. The van der Waals surface area contributed by atoms with Gasteiger partial charge < -0.3 is 9.84 Å². The number of aromatic carboxylic acids is 1. The summed E-state index contributed by atoms with van der Waals surface area (Å²) >= 11 is 0. The van der Waals surface area contributed by atoms with Crippen LogP contribution in [0, 0.1) is 6.92 Å². The highest BCUT2D eigenvalue weighted by atomic mass is 16.5. The fourth-order valence-electron chi connectivity index (χ4n) is 1.85. The highest BCUT2D eigenvalue weighted by molar-refractivity contribution is 5.91. The number of rotatable bonds is 3. The Balaban J connectivity index is 2.03. The predicted octanol–water partition coefficient (Wildman–Crippen LogP) is 1.22. The summed E-state index contributed by atoms with van der Waals surface area (Å²) in [5.41, 5.74) is 0.800. The number of H-pyrrole nitrogens is 1. The number of fused-ring (bicyclic) bond motifs is 1. The molecule has 0 bridgehead atoms. The number of ether oxygens (including phenoxy) is 1. The molecule has 1 aromatic carbocycles. The third kappa shape index (κ3) is 2.34. The quantitative estimate of drug-likeness (QED) is 0.749. The second-order valence-electron chi connectivity index (χ2n) is 4.39. The standard InChI is InChI=1S/C13H10N4O4/c1-7-2-3-8(12(18)19)9(4-7)21-11-5-10-15-16-13(20)17(10)6-14-11/h2-6H,1H3,(H,16,20)(H,18,19). The lowest BCUT2D eigenvalue weighted by Gasteiger charge is -2.08. The summed E-state index contributed by atoms with van der Waals surface area (Å²) in [5.74, 6) is -0.770. The van der Waals surface area contributed by atoms with E-state index in [1.807, 2.05) is 6.92 Å². The summed E-state index contributed by atoms with van der Waals surface area (Å²) in [6, 6.07) is 6.18. The molecule has 8 nitrogen and oxygen atoms in total. The van der Waals surface area contributed by atoms with Gasteiger partial charge in [-0.25, -0.2) is 24.1 Å². The molecule has 0 spiro atoms. The van der Waals surface area contributed by atoms with Gasteiger partial charge in [0.1, 0.15) is 17.6 Å². The summed E-state index contributed by atoms with van der Waals surface area (Å²) in [6.07, 6.45) is 1.26. The van der Waals surface area contributed by atoms with Gasteiger partial charge in [-0.05, 0) is 24.6 Å². The number of carbonyl (C=O) groups is 1. The lowest BCUT2D eigenvalue weighted by Crippen LogP contribution is -2.09. The van der Waals surface area contributed by atoms with E-state index in [-0.39, 0.29) is 17.2 Å². The Bertz CT molecular complexity index is 897. The first-order chi connectivity index (χ1) is 10.0. The van der Waals surface area contributed by atoms with Crippen LogP contribution in [-0.2, 0) is 0 Å². The van der Waals surface area contributed by atoms with Gasteiger partial charge in [0.2, 0.25) is 5.88 Å². The molecule has 0 unspecified atom stereocenters. The van der Waals surface area contributed by atoms with Crippen LogP contribution in [0.1, 0.15) is 15.9 Å². The number of carboxylic acid groups (broad SMARTS) is 1. The van der Waals surface area contributed by atoms with E-state index in [4.69, 9.17) is 9.84 Å². The summed E-state index contributed by atoms with van der Waals surface area (Å²) in [6.45, 7) is 1.82. The van der Waals surface area contributed by atoms with Gasteiger partial charge in [0.25, 0.3) is 0 Å². The maximum absolute atomic E-state index is 11.3. The SMILES string of the molecule is Cc1ccc(C(=O)O)c(Oc2cc3n[nH]c(=O)n3cn2)c1. The molecular weight excluding hydrogens is 276 g/mol. The number of hydrogen-bond donors (Lipinski definition) is 2. The van der Waals surface area contributed by atoms with Crippen molar-refractivity contribution in [2.75, 3.05) is 0 Å². The summed E-state index contributed by atoms with van der Waals surface area (Å²) < 4.78 is 6.72. The largest absolute Gasteiger partial charge is 0.478 e. The van der Waals surface area contributed by atoms with Crippen molar-refractivity contribution in [3.8, 4) is 11.6 Å². The Morgan fingerprint density at radius 3 is 2.95 bits per heavy atom. The molecule has 2 aromatic heterocycles. The topological polar surface area (TPSA) is 110 Å². The molecular formula is C13H10N4O4. The van der Waals surface area contributed by atoms with Crippen LogP contribution in [-0.4, -0.2) is 30.7 Å². The van der Waals surface area contributed by atoms with E-state index < -0.39 is 11.7 Å². The molecule has 3 rings (SSSR count). The van der Waals surface area contributed by atoms with E-state index in [1.165, 1.54) is 22.9 Å². The van der Waals surface area contributed by atoms with Crippen molar-refractivity contribution in [2.45, 2.75) is 6.92 Å². The summed E-state index contributed by atoms with van der Waals surface area (Å²) in [5, 5.41) is 15.2. The molecule has 0 fully saturated rings. The number of aryl methyl sites for hydroxylation is 1. The molecule has 0 aliphatic heterocycles. The van der Waals surface area contributed by atoms with E-state index in [1.54, 1.807) is 12.1 Å². The molecule has 0 saturated carbocycles. The Kier molecular flexibility index (Phi) is 2.90. The van der Waals surface area contributed by atoms with Crippen molar-refractivity contribution in [1.82, 2.24) is 19.6 Å². The van der Waals surface area contributed by atoms with Gasteiger partial charge >= 0.3 is 11.7 Å². The molecule has 0 saturated heterocycles. The van der Waals surface area contributed by atoms with Crippen LogP contribution < -0.4 is 10.4 Å². The summed E-state index contributed by atoms with van der Waals surface area (Å²) in [4.78, 5) is 26.5. The first-order valence-electron chi connectivity index (χ1n) is 5.99. The second kappa shape index (κ2) is 4.75. The van der Waals surface area contributed by atoms with E-state index in [0.29, 0.717) is 5.65 Å². The molecule has 3 aromatic rings.